The van der Waals surface area contributed by atoms with Crippen molar-refractivity contribution in [3.05, 3.63) is 24.2 Å². The van der Waals surface area contributed by atoms with Gasteiger partial charge in [0.25, 0.3) is 0 Å². The molecule has 1 aromatic rings. The van der Waals surface area contributed by atoms with Crippen molar-refractivity contribution in [3.8, 4) is 0 Å². The van der Waals surface area contributed by atoms with Crippen molar-refractivity contribution in [1.82, 2.24) is 4.90 Å². The van der Waals surface area contributed by atoms with Crippen LogP contribution >= 0.6 is 0 Å². The maximum atomic E-state index is 6.42. The van der Waals surface area contributed by atoms with Crippen LogP contribution in [-0.2, 0) is 16.0 Å². The molecule has 1 saturated heterocycles. The molecule has 1 aliphatic carbocycles. The number of hydrogen-bond donors (Lipinski definition) is 0. The van der Waals surface area contributed by atoms with Gasteiger partial charge in [-0.2, -0.15) is 0 Å². The summed E-state index contributed by atoms with van der Waals surface area (Å²) in [6.45, 7) is 12.1. The fraction of sp³-hybridized carbons (Fsp3) is 0.818. The number of rotatable bonds is 7. The van der Waals surface area contributed by atoms with Crippen LogP contribution in [0.5, 0.6) is 0 Å². The van der Waals surface area contributed by atoms with E-state index in [0.717, 1.165) is 50.6 Å². The van der Waals surface area contributed by atoms with Crippen molar-refractivity contribution >= 4 is 0 Å². The molecule has 1 aliphatic heterocycles. The highest BCUT2D eigenvalue weighted by atomic mass is 16.7. The second-order valence-electron chi connectivity index (χ2n) is 9.32. The lowest BCUT2D eigenvalue weighted by Crippen LogP contribution is -2.41. The zero-order valence-electron chi connectivity index (χ0n) is 17.3. The third kappa shape index (κ3) is 4.52. The Labute approximate surface area is 159 Å². The van der Waals surface area contributed by atoms with Crippen LogP contribution < -0.4 is 0 Å². The topological polar surface area (TPSA) is 34.8 Å². The summed E-state index contributed by atoms with van der Waals surface area (Å²) in [6.07, 6.45) is 7.51. The molecule has 0 aromatic carbocycles. The van der Waals surface area contributed by atoms with Crippen molar-refractivity contribution < 1.29 is 13.9 Å². The smallest absolute Gasteiger partial charge is 0.168 e. The highest BCUT2D eigenvalue weighted by Gasteiger charge is 2.46. The lowest BCUT2D eigenvalue weighted by atomic mass is 9.64. The standard InChI is InChI=1S/C22H37NO3/c1-17(2)21(3,4)18-8-11-22(12-9-18)25-16-20(26-22)10-13-23(5)15-19-7-6-14-24-19/h6-7,14,17-18,20H,8-13,15-16H2,1-5H3. The Kier molecular flexibility index (Phi) is 6.15. The van der Waals surface area contributed by atoms with E-state index >= 15 is 0 Å². The zero-order valence-corrected chi connectivity index (χ0v) is 17.3. The molecule has 2 heterocycles. The van der Waals surface area contributed by atoms with E-state index in [1.807, 2.05) is 12.1 Å². The predicted molar refractivity (Wildman–Crippen MR) is 104 cm³/mol. The predicted octanol–water partition coefficient (Wildman–Crippen LogP) is 5.09. The molecular formula is C22H37NO3. The minimum absolute atomic E-state index is 0.226. The van der Waals surface area contributed by atoms with Gasteiger partial charge in [-0.15, -0.1) is 0 Å². The maximum Gasteiger partial charge on any atom is 0.168 e. The van der Waals surface area contributed by atoms with Crippen LogP contribution in [0.25, 0.3) is 0 Å². The van der Waals surface area contributed by atoms with Crippen LogP contribution in [-0.4, -0.2) is 37.0 Å². The monoisotopic (exact) mass is 363 g/mol. The Balaban J connectivity index is 1.42. The molecule has 0 radical (unpaired) electrons. The zero-order chi connectivity index (χ0) is 18.8. The van der Waals surface area contributed by atoms with Gasteiger partial charge in [-0.1, -0.05) is 27.7 Å². The molecule has 3 rings (SSSR count). The minimum atomic E-state index is -0.298. The van der Waals surface area contributed by atoms with Crippen LogP contribution in [0.2, 0.25) is 0 Å². The van der Waals surface area contributed by atoms with E-state index in [-0.39, 0.29) is 11.9 Å². The Hall–Kier alpha value is -0.840. The molecular weight excluding hydrogens is 326 g/mol. The highest BCUT2D eigenvalue weighted by Crippen LogP contribution is 2.48. The fourth-order valence-corrected chi connectivity index (χ4v) is 4.41. The molecule has 0 N–H and O–H groups in total. The largest absolute Gasteiger partial charge is 0.468 e. The van der Waals surface area contributed by atoms with Crippen LogP contribution in [0.1, 0.15) is 65.6 Å². The van der Waals surface area contributed by atoms with E-state index in [1.165, 1.54) is 12.8 Å². The second-order valence-corrected chi connectivity index (χ2v) is 9.32. The van der Waals surface area contributed by atoms with Crippen molar-refractivity contribution in [2.75, 3.05) is 20.2 Å². The summed E-state index contributed by atoms with van der Waals surface area (Å²) < 4.78 is 18.0. The van der Waals surface area contributed by atoms with Gasteiger partial charge in [0.1, 0.15) is 5.76 Å². The number of nitrogens with zero attached hydrogens (tertiary/aromatic N) is 1. The quantitative estimate of drug-likeness (QED) is 0.676. The summed E-state index contributed by atoms with van der Waals surface area (Å²) in [5.74, 6) is 2.20. The third-order valence-electron chi connectivity index (χ3n) is 7.04. The number of hydrogen-bond acceptors (Lipinski definition) is 4. The van der Waals surface area contributed by atoms with Crippen LogP contribution in [0.15, 0.2) is 22.8 Å². The first kappa shape index (κ1) is 19.9. The van der Waals surface area contributed by atoms with Gasteiger partial charge in [0, 0.05) is 19.4 Å². The van der Waals surface area contributed by atoms with E-state index in [1.54, 1.807) is 6.26 Å². The van der Waals surface area contributed by atoms with Crippen LogP contribution in [0.4, 0.5) is 0 Å². The lowest BCUT2D eigenvalue weighted by Gasteiger charge is -2.44. The van der Waals surface area contributed by atoms with Gasteiger partial charge in [0.05, 0.1) is 25.5 Å². The maximum absolute atomic E-state index is 6.42. The van der Waals surface area contributed by atoms with Gasteiger partial charge >= 0.3 is 0 Å². The van der Waals surface area contributed by atoms with E-state index in [0.29, 0.717) is 11.3 Å². The van der Waals surface area contributed by atoms with Crippen molar-refractivity contribution in [2.24, 2.45) is 17.3 Å². The molecule has 4 heteroatoms. The Bertz CT molecular complexity index is 544. The van der Waals surface area contributed by atoms with Gasteiger partial charge in [-0.05, 0) is 55.7 Å². The molecule has 1 unspecified atom stereocenters. The minimum Gasteiger partial charge on any atom is -0.468 e. The first-order valence-electron chi connectivity index (χ1n) is 10.3. The van der Waals surface area contributed by atoms with Gasteiger partial charge in [-0.25, -0.2) is 0 Å². The summed E-state index contributed by atoms with van der Waals surface area (Å²) in [6, 6.07) is 3.97. The van der Waals surface area contributed by atoms with E-state index in [9.17, 15) is 0 Å². The molecule has 1 aromatic heterocycles. The Morgan fingerprint density at radius 3 is 2.62 bits per heavy atom. The van der Waals surface area contributed by atoms with E-state index in [4.69, 9.17) is 13.9 Å². The van der Waals surface area contributed by atoms with Gasteiger partial charge in [-0.3, -0.25) is 4.90 Å². The van der Waals surface area contributed by atoms with Crippen LogP contribution in [0.3, 0.4) is 0 Å². The molecule has 1 saturated carbocycles. The molecule has 1 spiro atoms. The Morgan fingerprint density at radius 2 is 2.00 bits per heavy atom. The van der Waals surface area contributed by atoms with Crippen molar-refractivity contribution in [1.29, 1.82) is 0 Å². The third-order valence-corrected chi connectivity index (χ3v) is 7.04. The van der Waals surface area contributed by atoms with Crippen molar-refractivity contribution in [2.45, 2.75) is 78.2 Å². The molecule has 0 amide bonds. The molecule has 148 valence electrons. The second kappa shape index (κ2) is 8.04. The first-order valence-corrected chi connectivity index (χ1v) is 10.3. The van der Waals surface area contributed by atoms with Crippen LogP contribution in [0, 0.1) is 17.3 Å². The average Bonchev–Trinajstić information content (AvgIpc) is 3.24. The summed E-state index contributed by atoms with van der Waals surface area (Å²) in [4.78, 5) is 2.29. The normalized spacial score (nSPS) is 30.0. The molecule has 26 heavy (non-hydrogen) atoms. The summed E-state index contributed by atoms with van der Waals surface area (Å²) >= 11 is 0. The lowest BCUT2D eigenvalue weighted by molar-refractivity contribution is -0.198. The van der Waals surface area contributed by atoms with Gasteiger partial charge < -0.3 is 13.9 Å². The fourth-order valence-electron chi connectivity index (χ4n) is 4.41. The van der Waals surface area contributed by atoms with E-state index in [2.05, 4.69) is 39.6 Å². The summed E-state index contributed by atoms with van der Waals surface area (Å²) in [7, 11) is 2.13. The average molecular weight is 364 g/mol. The highest BCUT2D eigenvalue weighted by molar-refractivity contribution is 4.97. The first-order chi connectivity index (χ1) is 12.3. The molecule has 2 aliphatic rings. The molecule has 1 atom stereocenters. The molecule has 4 nitrogen and oxygen atoms in total. The number of furan rings is 1. The Morgan fingerprint density at radius 1 is 1.27 bits per heavy atom. The summed E-state index contributed by atoms with van der Waals surface area (Å²) in [5.41, 5.74) is 0.397. The van der Waals surface area contributed by atoms with E-state index < -0.39 is 0 Å². The van der Waals surface area contributed by atoms with Gasteiger partial charge in [0.2, 0.25) is 0 Å². The van der Waals surface area contributed by atoms with Crippen molar-refractivity contribution in [3.63, 3.8) is 0 Å². The molecule has 2 fully saturated rings. The number of ether oxygens (including phenoxy) is 2. The summed E-state index contributed by atoms with van der Waals surface area (Å²) in [5, 5.41) is 0. The molecule has 0 bridgehead atoms. The van der Waals surface area contributed by atoms with Gasteiger partial charge in [0.15, 0.2) is 5.79 Å². The SMILES string of the molecule is CC(C)C(C)(C)C1CCC2(CC1)OCC(CCN(C)Cc1ccco1)O2.